The highest BCUT2D eigenvalue weighted by molar-refractivity contribution is 6.02. The van der Waals surface area contributed by atoms with Crippen LogP contribution < -0.4 is 10.6 Å². The van der Waals surface area contributed by atoms with E-state index in [-0.39, 0.29) is 5.84 Å². The number of nitrogens with zero attached hydrogens (tertiary/aromatic N) is 2. The lowest BCUT2D eigenvalue weighted by Crippen LogP contribution is -2.25. The Morgan fingerprint density at radius 1 is 1.22 bits per heavy atom. The predicted octanol–water partition coefficient (Wildman–Crippen LogP) is 2.02. The Labute approximate surface area is 107 Å². The van der Waals surface area contributed by atoms with Gasteiger partial charge in [0.25, 0.3) is 0 Å². The second-order valence-corrected chi connectivity index (χ2v) is 5.36. The number of rotatable bonds is 2. The van der Waals surface area contributed by atoms with E-state index in [2.05, 4.69) is 16.1 Å². The van der Waals surface area contributed by atoms with Crippen LogP contribution in [-0.4, -0.2) is 24.1 Å². The highest BCUT2D eigenvalue weighted by Crippen LogP contribution is 2.40. The zero-order chi connectivity index (χ0) is 12.5. The maximum Gasteiger partial charge on any atom is 0.172 e. The lowest BCUT2D eigenvalue weighted by Gasteiger charge is -2.22. The summed E-state index contributed by atoms with van der Waals surface area (Å²) in [6, 6.07) is 7.91. The van der Waals surface area contributed by atoms with Gasteiger partial charge in [0, 0.05) is 24.3 Å². The summed E-state index contributed by atoms with van der Waals surface area (Å²) in [4.78, 5) is 2.39. The number of fused-ring (bicyclic) bond motifs is 1. The lowest BCUT2D eigenvalue weighted by atomic mass is 10.0. The van der Waals surface area contributed by atoms with Crippen LogP contribution in [0.2, 0.25) is 0 Å². The third kappa shape index (κ3) is 1.82. The van der Waals surface area contributed by atoms with Crippen LogP contribution >= 0.6 is 0 Å². The molecule has 3 N–H and O–H groups in total. The molecule has 0 aromatic heterocycles. The van der Waals surface area contributed by atoms with E-state index in [1.807, 2.05) is 18.2 Å². The molecule has 0 amide bonds. The third-order valence-corrected chi connectivity index (χ3v) is 4.35. The van der Waals surface area contributed by atoms with Crippen molar-refractivity contribution in [2.24, 2.45) is 22.7 Å². The first-order chi connectivity index (χ1) is 8.79. The lowest BCUT2D eigenvalue weighted by molar-refractivity contribution is 0.318. The average molecular weight is 245 g/mol. The van der Waals surface area contributed by atoms with E-state index in [1.165, 1.54) is 19.3 Å². The largest absolute Gasteiger partial charge is 0.409 e. The summed E-state index contributed by atoms with van der Waals surface area (Å²) in [6.07, 6.45) is 4.09. The van der Waals surface area contributed by atoms with Crippen LogP contribution in [-0.2, 0) is 0 Å². The molecule has 1 saturated carbocycles. The van der Waals surface area contributed by atoms with E-state index < -0.39 is 0 Å². The van der Waals surface area contributed by atoms with Gasteiger partial charge < -0.3 is 15.8 Å². The van der Waals surface area contributed by atoms with Crippen LogP contribution in [0, 0.1) is 11.8 Å². The van der Waals surface area contributed by atoms with Crippen LogP contribution in [0.5, 0.6) is 0 Å². The Hall–Kier alpha value is -1.71. The Bertz CT molecular complexity index is 460. The number of hydrogen-bond acceptors (Lipinski definition) is 3. The second kappa shape index (κ2) is 4.52. The van der Waals surface area contributed by atoms with Crippen LogP contribution in [0.1, 0.15) is 24.8 Å². The van der Waals surface area contributed by atoms with Gasteiger partial charge in [-0.25, -0.2) is 0 Å². The summed E-state index contributed by atoms with van der Waals surface area (Å²) in [5.41, 5.74) is 7.68. The third-order valence-electron chi connectivity index (χ3n) is 4.35. The zero-order valence-electron chi connectivity index (χ0n) is 10.4. The molecule has 2 aliphatic rings. The van der Waals surface area contributed by atoms with Crippen molar-refractivity contribution in [1.82, 2.24) is 0 Å². The van der Waals surface area contributed by atoms with Crippen LogP contribution in [0.15, 0.2) is 29.4 Å². The zero-order valence-corrected chi connectivity index (χ0v) is 10.4. The number of para-hydroxylation sites is 1. The van der Waals surface area contributed by atoms with Crippen LogP contribution in [0.3, 0.4) is 0 Å². The molecule has 1 aromatic rings. The van der Waals surface area contributed by atoms with Crippen molar-refractivity contribution in [2.75, 3.05) is 18.0 Å². The molecule has 1 aliphatic carbocycles. The highest BCUT2D eigenvalue weighted by Gasteiger charge is 2.36. The minimum Gasteiger partial charge on any atom is -0.409 e. The highest BCUT2D eigenvalue weighted by atomic mass is 16.4. The molecule has 18 heavy (non-hydrogen) atoms. The number of anilines is 1. The molecular formula is C14H19N3O. The van der Waals surface area contributed by atoms with Gasteiger partial charge in [0.15, 0.2) is 5.84 Å². The molecule has 2 fully saturated rings. The average Bonchev–Trinajstić information content (AvgIpc) is 2.98. The molecule has 1 aliphatic heterocycles. The standard InChI is InChI=1S/C14H19N3O/c15-14(16-18)12-6-1-2-7-13(12)17-8-10-4-3-5-11(10)9-17/h1-2,6-7,10-11,18H,3-5,8-9H2,(H2,15,16). The first-order valence-electron chi connectivity index (χ1n) is 6.61. The molecule has 4 heteroatoms. The first-order valence-corrected chi connectivity index (χ1v) is 6.61. The number of amidine groups is 1. The van der Waals surface area contributed by atoms with Crippen molar-refractivity contribution in [3.05, 3.63) is 29.8 Å². The van der Waals surface area contributed by atoms with Gasteiger partial charge >= 0.3 is 0 Å². The maximum absolute atomic E-state index is 8.86. The maximum atomic E-state index is 8.86. The molecule has 2 unspecified atom stereocenters. The van der Waals surface area contributed by atoms with E-state index >= 15 is 0 Å². The molecule has 0 spiro atoms. The summed E-state index contributed by atoms with van der Waals surface area (Å²) in [5, 5.41) is 12.0. The van der Waals surface area contributed by atoms with Gasteiger partial charge in [-0.15, -0.1) is 0 Å². The molecule has 96 valence electrons. The fourth-order valence-electron chi connectivity index (χ4n) is 3.45. The van der Waals surface area contributed by atoms with Gasteiger partial charge in [-0.05, 0) is 36.8 Å². The van der Waals surface area contributed by atoms with E-state index in [0.29, 0.717) is 0 Å². The first kappa shape index (κ1) is 11.4. The number of nitrogens with two attached hydrogens (primary N) is 1. The SMILES string of the molecule is N/C(=N/O)c1ccccc1N1CC2CCCC2C1. The molecule has 2 atom stereocenters. The van der Waals surface area contributed by atoms with E-state index in [1.54, 1.807) is 0 Å². The predicted molar refractivity (Wildman–Crippen MR) is 72.0 cm³/mol. The van der Waals surface area contributed by atoms with Crippen LogP contribution in [0.25, 0.3) is 0 Å². The normalized spacial score (nSPS) is 27.6. The fourth-order valence-corrected chi connectivity index (χ4v) is 3.45. The van der Waals surface area contributed by atoms with Gasteiger partial charge in [0.1, 0.15) is 0 Å². The molecule has 4 nitrogen and oxygen atoms in total. The number of benzene rings is 1. The Kier molecular flexibility index (Phi) is 2.86. The monoisotopic (exact) mass is 245 g/mol. The Morgan fingerprint density at radius 3 is 2.56 bits per heavy atom. The summed E-state index contributed by atoms with van der Waals surface area (Å²) >= 11 is 0. The summed E-state index contributed by atoms with van der Waals surface area (Å²) in [6.45, 7) is 2.22. The van der Waals surface area contributed by atoms with Crippen LogP contribution in [0.4, 0.5) is 5.69 Å². The molecular weight excluding hydrogens is 226 g/mol. The molecule has 0 radical (unpaired) electrons. The number of oxime groups is 1. The smallest absolute Gasteiger partial charge is 0.172 e. The second-order valence-electron chi connectivity index (χ2n) is 5.36. The Balaban J connectivity index is 1.89. The quantitative estimate of drug-likeness (QED) is 0.362. The molecule has 1 saturated heterocycles. The summed E-state index contributed by atoms with van der Waals surface area (Å²) in [7, 11) is 0. The number of hydrogen-bond donors (Lipinski definition) is 2. The van der Waals surface area contributed by atoms with E-state index in [0.717, 1.165) is 36.2 Å². The van der Waals surface area contributed by atoms with Crippen molar-refractivity contribution in [2.45, 2.75) is 19.3 Å². The van der Waals surface area contributed by atoms with Gasteiger partial charge in [0.2, 0.25) is 0 Å². The topological polar surface area (TPSA) is 61.9 Å². The van der Waals surface area contributed by atoms with Gasteiger partial charge in [-0.2, -0.15) is 0 Å². The molecule has 1 heterocycles. The molecule has 0 bridgehead atoms. The van der Waals surface area contributed by atoms with Gasteiger partial charge in [0.05, 0.1) is 0 Å². The van der Waals surface area contributed by atoms with Crippen molar-refractivity contribution in [3.8, 4) is 0 Å². The van der Waals surface area contributed by atoms with E-state index in [4.69, 9.17) is 10.9 Å². The van der Waals surface area contributed by atoms with E-state index in [9.17, 15) is 0 Å². The Morgan fingerprint density at radius 2 is 1.89 bits per heavy atom. The van der Waals surface area contributed by atoms with Crippen molar-refractivity contribution in [3.63, 3.8) is 0 Å². The fraction of sp³-hybridized carbons (Fsp3) is 0.500. The summed E-state index contributed by atoms with van der Waals surface area (Å²) in [5.74, 6) is 1.87. The minimum atomic E-state index is 0.197. The van der Waals surface area contributed by atoms with Gasteiger partial charge in [-0.1, -0.05) is 23.7 Å². The van der Waals surface area contributed by atoms with Gasteiger partial charge in [-0.3, -0.25) is 0 Å². The summed E-state index contributed by atoms with van der Waals surface area (Å²) < 4.78 is 0. The van der Waals surface area contributed by atoms with Crippen molar-refractivity contribution >= 4 is 11.5 Å². The molecule has 1 aromatic carbocycles. The minimum absolute atomic E-state index is 0.197. The molecule has 3 rings (SSSR count). The van der Waals surface area contributed by atoms with Crippen molar-refractivity contribution < 1.29 is 5.21 Å². The van der Waals surface area contributed by atoms with Crippen molar-refractivity contribution in [1.29, 1.82) is 0 Å².